The monoisotopic (exact) mass is 223 g/mol. The Morgan fingerprint density at radius 2 is 1.94 bits per heavy atom. The zero-order valence-corrected chi connectivity index (χ0v) is 10.4. The van der Waals surface area contributed by atoms with Crippen LogP contribution in [0.1, 0.15) is 32.4 Å². The fraction of sp³-hybridized carbons (Fsp3) is 0.615. The van der Waals surface area contributed by atoms with E-state index >= 15 is 0 Å². The van der Waals surface area contributed by atoms with E-state index in [0.29, 0.717) is 0 Å². The first-order valence-electron chi connectivity index (χ1n) is 6.02. The summed E-state index contributed by atoms with van der Waals surface area (Å²) in [7, 11) is 0. The summed E-state index contributed by atoms with van der Waals surface area (Å²) in [5.41, 5.74) is 0.995. The van der Waals surface area contributed by atoms with E-state index < -0.39 is 0 Å². The average Bonchev–Trinajstić information content (AvgIpc) is 2.33. The minimum Gasteiger partial charge on any atom is -0.474 e. The van der Waals surface area contributed by atoms with Gasteiger partial charge in [0.1, 0.15) is 6.10 Å². The zero-order chi connectivity index (χ0) is 11.8. The van der Waals surface area contributed by atoms with Crippen LogP contribution in [0.25, 0.3) is 0 Å². The van der Waals surface area contributed by atoms with Crippen molar-refractivity contribution >= 4 is 0 Å². The Bertz CT molecular complexity index is 296. The van der Waals surface area contributed by atoms with Crippen LogP contribution in [-0.4, -0.2) is 24.3 Å². The van der Waals surface area contributed by atoms with Crippen molar-refractivity contribution in [1.82, 2.24) is 4.98 Å². The summed E-state index contributed by atoms with van der Waals surface area (Å²) >= 11 is 0. The van der Waals surface area contributed by atoms with Crippen LogP contribution in [0.4, 0.5) is 0 Å². The Labute approximate surface area is 97.8 Å². The second-order valence-corrected chi connectivity index (χ2v) is 3.55. The van der Waals surface area contributed by atoms with E-state index in [1.807, 2.05) is 39.0 Å². The van der Waals surface area contributed by atoms with E-state index in [1.54, 1.807) is 0 Å². The first-order chi connectivity index (χ1) is 7.84. The summed E-state index contributed by atoms with van der Waals surface area (Å²) in [6.45, 7) is 7.57. The number of aromatic nitrogens is 1. The third-order valence-corrected chi connectivity index (χ3v) is 2.32. The number of rotatable bonds is 2. The molecule has 2 heterocycles. The van der Waals surface area contributed by atoms with Gasteiger partial charge in [0.15, 0.2) is 0 Å². The molecule has 0 bridgehead atoms. The van der Waals surface area contributed by atoms with Crippen LogP contribution in [0.3, 0.4) is 0 Å². The van der Waals surface area contributed by atoms with E-state index in [4.69, 9.17) is 9.47 Å². The number of aryl methyl sites for hydroxylation is 1. The second-order valence-electron chi connectivity index (χ2n) is 3.55. The van der Waals surface area contributed by atoms with Gasteiger partial charge in [-0.2, -0.15) is 0 Å². The topological polar surface area (TPSA) is 31.4 Å². The molecule has 1 saturated heterocycles. The quantitative estimate of drug-likeness (QED) is 0.772. The second kappa shape index (κ2) is 7.23. The van der Waals surface area contributed by atoms with Crippen molar-refractivity contribution in [3.63, 3.8) is 0 Å². The van der Waals surface area contributed by atoms with Gasteiger partial charge in [0.05, 0.1) is 13.2 Å². The molecule has 1 aliphatic heterocycles. The van der Waals surface area contributed by atoms with Crippen molar-refractivity contribution < 1.29 is 9.47 Å². The van der Waals surface area contributed by atoms with Gasteiger partial charge in [0, 0.05) is 24.6 Å². The van der Waals surface area contributed by atoms with Crippen LogP contribution in [0.5, 0.6) is 5.88 Å². The fourth-order valence-corrected chi connectivity index (χ4v) is 1.55. The lowest BCUT2D eigenvalue weighted by Crippen LogP contribution is -2.26. The highest BCUT2D eigenvalue weighted by molar-refractivity contribution is 5.14. The van der Waals surface area contributed by atoms with Crippen molar-refractivity contribution in [2.24, 2.45) is 0 Å². The van der Waals surface area contributed by atoms with Gasteiger partial charge in [-0.15, -0.1) is 0 Å². The first-order valence-corrected chi connectivity index (χ1v) is 6.02. The molecule has 0 atom stereocenters. The van der Waals surface area contributed by atoms with Crippen LogP contribution in [0, 0.1) is 6.92 Å². The maximum atomic E-state index is 5.74. The molecule has 0 unspecified atom stereocenters. The van der Waals surface area contributed by atoms with E-state index in [9.17, 15) is 0 Å². The summed E-state index contributed by atoms with van der Waals surface area (Å²) in [4.78, 5) is 4.30. The zero-order valence-electron chi connectivity index (χ0n) is 10.4. The van der Waals surface area contributed by atoms with Crippen molar-refractivity contribution in [1.29, 1.82) is 0 Å². The van der Waals surface area contributed by atoms with Gasteiger partial charge >= 0.3 is 0 Å². The molecule has 3 nitrogen and oxygen atoms in total. The molecule has 0 aromatic carbocycles. The molecule has 1 aliphatic rings. The molecule has 90 valence electrons. The summed E-state index contributed by atoms with van der Waals surface area (Å²) in [5, 5.41) is 0. The Morgan fingerprint density at radius 1 is 1.25 bits per heavy atom. The molecular formula is C13H21NO2. The number of pyridine rings is 1. The third kappa shape index (κ3) is 4.19. The number of ether oxygens (including phenoxy) is 2. The number of hydrogen-bond donors (Lipinski definition) is 0. The first kappa shape index (κ1) is 13.0. The van der Waals surface area contributed by atoms with Gasteiger partial charge in [0.25, 0.3) is 0 Å². The lowest BCUT2D eigenvalue weighted by molar-refractivity contribution is 0.0237. The summed E-state index contributed by atoms with van der Waals surface area (Å²) in [5.74, 6) is 0.733. The molecular weight excluding hydrogens is 202 g/mol. The van der Waals surface area contributed by atoms with Crippen LogP contribution in [0.15, 0.2) is 18.2 Å². The third-order valence-electron chi connectivity index (χ3n) is 2.32. The smallest absolute Gasteiger partial charge is 0.213 e. The standard InChI is InChI=1S/C11H15NO2.C2H6/c1-9-3-2-4-11(12-9)14-10-5-7-13-8-6-10;1-2/h2-4,10H,5-8H2,1H3;1-2H3. The maximum absolute atomic E-state index is 5.74. The fourth-order valence-electron chi connectivity index (χ4n) is 1.55. The van der Waals surface area contributed by atoms with Crippen LogP contribution in [0.2, 0.25) is 0 Å². The molecule has 0 N–H and O–H groups in total. The molecule has 0 spiro atoms. The molecule has 1 aromatic heterocycles. The predicted octanol–water partition coefficient (Wildman–Crippen LogP) is 2.97. The van der Waals surface area contributed by atoms with Gasteiger partial charge in [-0.1, -0.05) is 19.9 Å². The van der Waals surface area contributed by atoms with Crippen LogP contribution >= 0.6 is 0 Å². The summed E-state index contributed by atoms with van der Waals surface area (Å²) in [6.07, 6.45) is 2.21. The summed E-state index contributed by atoms with van der Waals surface area (Å²) in [6, 6.07) is 5.84. The SMILES string of the molecule is CC.Cc1cccc(OC2CCOCC2)n1. The number of nitrogens with zero attached hydrogens (tertiary/aromatic N) is 1. The van der Waals surface area contributed by atoms with Gasteiger partial charge in [0.2, 0.25) is 5.88 Å². The minimum atomic E-state index is 0.276. The van der Waals surface area contributed by atoms with E-state index in [-0.39, 0.29) is 6.10 Å². The van der Waals surface area contributed by atoms with Crippen LogP contribution < -0.4 is 4.74 Å². The predicted molar refractivity (Wildman–Crippen MR) is 64.8 cm³/mol. The van der Waals surface area contributed by atoms with Gasteiger partial charge in [-0.25, -0.2) is 4.98 Å². The molecule has 2 rings (SSSR count). The average molecular weight is 223 g/mol. The Hall–Kier alpha value is -1.09. The highest BCUT2D eigenvalue weighted by Crippen LogP contribution is 2.15. The molecule has 0 amide bonds. The lowest BCUT2D eigenvalue weighted by Gasteiger charge is -2.22. The minimum absolute atomic E-state index is 0.276. The van der Waals surface area contributed by atoms with E-state index in [1.165, 1.54) is 0 Å². The van der Waals surface area contributed by atoms with Gasteiger partial charge in [-0.3, -0.25) is 0 Å². The Balaban J connectivity index is 0.000000606. The van der Waals surface area contributed by atoms with E-state index in [0.717, 1.165) is 37.6 Å². The normalized spacial score (nSPS) is 16.2. The van der Waals surface area contributed by atoms with Crippen molar-refractivity contribution in [3.05, 3.63) is 23.9 Å². The highest BCUT2D eigenvalue weighted by atomic mass is 16.5. The molecule has 16 heavy (non-hydrogen) atoms. The van der Waals surface area contributed by atoms with Gasteiger partial charge < -0.3 is 9.47 Å². The van der Waals surface area contributed by atoms with Crippen molar-refractivity contribution in [3.8, 4) is 5.88 Å². The largest absolute Gasteiger partial charge is 0.474 e. The van der Waals surface area contributed by atoms with E-state index in [2.05, 4.69) is 4.98 Å². The maximum Gasteiger partial charge on any atom is 0.213 e. The van der Waals surface area contributed by atoms with Gasteiger partial charge in [-0.05, 0) is 13.0 Å². The summed E-state index contributed by atoms with van der Waals surface area (Å²) < 4.78 is 11.0. The Morgan fingerprint density at radius 3 is 2.56 bits per heavy atom. The lowest BCUT2D eigenvalue weighted by atomic mass is 10.1. The highest BCUT2D eigenvalue weighted by Gasteiger charge is 2.15. The molecule has 1 fully saturated rings. The molecule has 0 aliphatic carbocycles. The number of hydrogen-bond acceptors (Lipinski definition) is 3. The molecule has 0 saturated carbocycles. The molecule has 1 aromatic rings. The van der Waals surface area contributed by atoms with Crippen molar-refractivity contribution in [2.75, 3.05) is 13.2 Å². The molecule has 0 radical (unpaired) electrons. The van der Waals surface area contributed by atoms with Crippen molar-refractivity contribution in [2.45, 2.75) is 39.7 Å². The van der Waals surface area contributed by atoms with Crippen LogP contribution in [-0.2, 0) is 4.74 Å². The Kier molecular flexibility index (Phi) is 5.86. The molecule has 3 heteroatoms.